The van der Waals surface area contributed by atoms with Gasteiger partial charge in [-0.3, -0.25) is 9.13 Å². The molecule has 0 aliphatic heterocycles. The Kier molecular flexibility index (Phi) is 11.1. The standard InChI is InChI=1S/C40H36N10O4/c1-51-15-17-53-21-31-19-30(10-4-28-7-13-34(14-8-28)50-26-48-36-38(42)44-24-46-40(36)50)32(22-54-18-16-52-2)20-29(31)9-3-27-5-11-33(12-6-27)49-25-47-35-37(41)43-23-45-39(35)49/h5-8,11-14,19-20,23-26H,15-18,21-22H2,1-2H3,(H2,41,43,45)(H2,42,44,46). The largest absolute Gasteiger partial charge is 0.382 e. The van der Waals surface area contributed by atoms with Crippen LogP contribution in [-0.4, -0.2) is 79.7 Å². The summed E-state index contributed by atoms with van der Waals surface area (Å²) in [5.74, 6) is 14.0. The van der Waals surface area contributed by atoms with Crippen molar-refractivity contribution in [2.75, 3.05) is 52.1 Å². The number of fused-ring (bicyclic) bond motifs is 2. The van der Waals surface area contributed by atoms with Crippen molar-refractivity contribution in [2.45, 2.75) is 13.2 Å². The van der Waals surface area contributed by atoms with Gasteiger partial charge in [0.05, 0.1) is 39.6 Å². The first-order valence-electron chi connectivity index (χ1n) is 16.9. The lowest BCUT2D eigenvalue weighted by Crippen LogP contribution is -2.06. The molecule has 0 atom stereocenters. The highest BCUT2D eigenvalue weighted by Crippen LogP contribution is 2.22. The molecule has 0 bridgehead atoms. The highest BCUT2D eigenvalue weighted by molar-refractivity contribution is 5.83. The lowest BCUT2D eigenvalue weighted by atomic mass is 9.98. The summed E-state index contributed by atoms with van der Waals surface area (Å²) in [5, 5.41) is 0. The van der Waals surface area contributed by atoms with Crippen LogP contribution in [0.1, 0.15) is 33.4 Å². The van der Waals surface area contributed by atoms with Crippen LogP contribution in [0.4, 0.5) is 11.6 Å². The molecular weight excluding hydrogens is 685 g/mol. The number of rotatable bonds is 12. The maximum atomic E-state index is 5.98. The van der Waals surface area contributed by atoms with Gasteiger partial charge in [-0.2, -0.15) is 0 Å². The van der Waals surface area contributed by atoms with Gasteiger partial charge in [-0.05, 0) is 71.8 Å². The monoisotopic (exact) mass is 720 g/mol. The summed E-state index contributed by atoms with van der Waals surface area (Å²) in [6.07, 6.45) is 6.21. The summed E-state index contributed by atoms with van der Waals surface area (Å²) < 4.78 is 26.0. The highest BCUT2D eigenvalue weighted by atomic mass is 16.5. The molecule has 4 N–H and O–H groups in total. The molecule has 0 unspecified atom stereocenters. The second-order valence-electron chi connectivity index (χ2n) is 11.9. The Labute approximate surface area is 311 Å². The molecule has 0 saturated heterocycles. The zero-order valence-corrected chi connectivity index (χ0v) is 29.7. The van der Waals surface area contributed by atoms with Crippen LogP contribution in [-0.2, 0) is 32.2 Å². The van der Waals surface area contributed by atoms with E-state index in [1.807, 2.05) is 69.8 Å². The maximum absolute atomic E-state index is 5.98. The van der Waals surface area contributed by atoms with Crippen LogP contribution < -0.4 is 11.5 Å². The van der Waals surface area contributed by atoms with Crippen LogP contribution >= 0.6 is 0 Å². The molecule has 54 heavy (non-hydrogen) atoms. The number of ether oxygens (including phenoxy) is 4. The van der Waals surface area contributed by atoms with Gasteiger partial charge < -0.3 is 30.4 Å². The first kappa shape index (κ1) is 35.7. The Morgan fingerprint density at radius 2 is 0.963 bits per heavy atom. The zero-order valence-electron chi connectivity index (χ0n) is 29.7. The van der Waals surface area contributed by atoms with Gasteiger partial charge in [-0.15, -0.1) is 0 Å². The number of nitrogens with two attached hydrogens (primary N) is 2. The Morgan fingerprint density at radius 1 is 0.537 bits per heavy atom. The van der Waals surface area contributed by atoms with Crippen molar-refractivity contribution in [3.05, 3.63) is 119 Å². The molecular formula is C40H36N10O4. The third-order valence-electron chi connectivity index (χ3n) is 8.41. The molecule has 0 saturated carbocycles. The van der Waals surface area contributed by atoms with E-state index >= 15 is 0 Å². The third-order valence-corrected chi connectivity index (χ3v) is 8.41. The molecule has 4 heterocycles. The van der Waals surface area contributed by atoms with E-state index in [-0.39, 0.29) is 0 Å². The fourth-order valence-electron chi connectivity index (χ4n) is 5.58. The molecule has 7 rings (SSSR count). The first-order chi connectivity index (χ1) is 26.5. The number of methoxy groups -OCH3 is 2. The van der Waals surface area contributed by atoms with E-state index < -0.39 is 0 Å². The number of aromatic nitrogens is 8. The van der Waals surface area contributed by atoms with E-state index in [2.05, 4.69) is 53.6 Å². The molecule has 0 spiro atoms. The minimum absolute atomic E-state index is 0.326. The van der Waals surface area contributed by atoms with Crippen LogP contribution in [0.3, 0.4) is 0 Å². The number of benzene rings is 3. The van der Waals surface area contributed by atoms with Crippen molar-refractivity contribution < 1.29 is 18.9 Å². The average molecular weight is 721 g/mol. The van der Waals surface area contributed by atoms with Crippen LogP contribution in [0.2, 0.25) is 0 Å². The molecule has 4 aromatic heterocycles. The van der Waals surface area contributed by atoms with Gasteiger partial charge in [0, 0.05) is 47.8 Å². The van der Waals surface area contributed by atoms with E-state index in [1.54, 1.807) is 26.9 Å². The number of hydrogen-bond acceptors (Lipinski definition) is 12. The first-order valence-corrected chi connectivity index (χ1v) is 16.9. The molecule has 0 aliphatic carbocycles. The number of nitrogen functional groups attached to an aromatic ring is 2. The maximum Gasteiger partial charge on any atom is 0.170 e. The Bertz CT molecular complexity index is 2350. The van der Waals surface area contributed by atoms with Crippen LogP contribution in [0, 0.1) is 23.7 Å². The second kappa shape index (κ2) is 16.8. The molecule has 14 heteroatoms. The average Bonchev–Trinajstić information content (AvgIpc) is 3.84. The van der Waals surface area contributed by atoms with Crippen LogP contribution in [0.15, 0.2) is 86.0 Å². The summed E-state index contributed by atoms with van der Waals surface area (Å²) in [5.41, 5.74) is 21.1. The lowest BCUT2D eigenvalue weighted by Gasteiger charge is -2.12. The molecule has 7 aromatic rings. The van der Waals surface area contributed by atoms with E-state index in [1.165, 1.54) is 12.7 Å². The summed E-state index contributed by atoms with van der Waals surface area (Å²) >= 11 is 0. The lowest BCUT2D eigenvalue weighted by molar-refractivity contribution is 0.0604. The van der Waals surface area contributed by atoms with E-state index in [0.29, 0.717) is 73.6 Å². The number of imidazole rings is 2. The van der Waals surface area contributed by atoms with Gasteiger partial charge in [0.25, 0.3) is 0 Å². The normalized spacial score (nSPS) is 11.0. The highest BCUT2D eigenvalue weighted by Gasteiger charge is 2.12. The van der Waals surface area contributed by atoms with Crippen molar-refractivity contribution in [1.29, 1.82) is 0 Å². The van der Waals surface area contributed by atoms with Crippen molar-refractivity contribution >= 4 is 34.0 Å². The minimum atomic E-state index is 0.326. The third kappa shape index (κ3) is 8.03. The van der Waals surface area contributed by atoms with Crippen molar-refractivity contribution in [3.8, 4) is 35.1 Å². The SMILES string of the molecule is COCCOCc1cc(C#Cc2ccc(-n3cnc4c(N)ncnc43)cc2)c(COCCOC)cc1C#Cc1ccc(-n2cnc3c(N)ncnc32)cc1. The van der Waals surface area contributed by atoms with Crippen LogP contribution in [0.5, 0.6) is 0 Å². The zero-order chi connectivity index (χ0) is 37.3. The predicted octanol–water partition coefficient (Wildman–Crippen LogP) is 4.23. The Balaban J connectivity index is 1.18. The summed E-state index contributed by atoms with van der Waals surface area (Å²) in [4.78, 5) is 25.5. The Hall–Kier alpha value is -6.68. The van der Waals surface area contributed by atoms with E-state index in [9.17, 15) is 0 Å². The Morgan fingerprint density at radius 3 is 1.37 bits per heavy atom. The number of nitrogens with zero attached hydrogens (tertiary/aromatic N) is 8. The molecule has 0 fully saturated rings. The van der Waals surface area contributed by atoms with Crippen molar-refractivity contribution in [1.82, 2.24) is 39.0 Å². The van der Waals surface area contributed by atoms with E-state index in [0.717, 1.165) is 44.8 Å². The molecule has 270 valence electrons. The van der Waals surface area contributed by atoms with Crippen LogP contribution in [0.25, 0.3) is 33.7 Å². The van der Waals surface area contributed by atoms with Gasteiger partial charge in [0.1, 0.15) is 25.3 Å². The van der Waals surface area contributed by atoms with Gasteiger partial charge in [-0.1, -0.05) is 23.7 Å². The summed E-state index contributed by atoms with van der Waals surface area (Å²) in [7, 11) is 3.29. The molecule has 14 nitrogen and oxygen atoms in total. The van der Waals surface area contributed by atoms with Crippen molar-refractivity contribution in [2.24, 2.45) is 0 Å². The summed E-state index contributed by atoms with van der Waals surface area (Å²) in [6.45, 7) is 2.47. The minimum Gasteiger partial charge on any atom is -0.382 e. The smallest absolute Gasteiger partial charge is 0.170 e. The molecule has 3 aromatic carbocycles. The van der Waals surface area contributed by atoms with Gasteiger partial charge in [0.2, 0.25) is 0 Å². The fraction of sp³-hybridized carbons (Fsp3) is 0.200. The number of anilines is 2. The van der Waals surface area contributed by atoms with Gasteiger partial charge >= 0.3 is 0 Å². The van der Waals surface area contributed by atoms with E-state index in [4.69, 9.17) is 30.4 Å². The summed E-state index contributed by atoms with van der Waals surface area (Å²) in [6, 6.07) is 19.7. The predicted molar refractivity (Wildman–Crippen MR) is 204 cm³/mol. The fourth-order valence-corrected chi connectivity index (χ4v) is 5.58. The van der Waals surface area contributed by atoms with Gasteiger partial charge in [-0.25, -0.2) is 29.9 Å². The number of hydrogen-bond donors (Lipinski definition) is 2. The molecule has 0 amide bonds. The second-order valence-corrected chi connectivity index (χ2v) is 11.9. The quantitative estimate of drug-likeness (QED) is 0.136. The molecule has 0 radical (unpaired) electrons. The van der Waals surface area contributed by atoms with Gasteiger partial charge in [0.15, 0.2) is 34.0 Å². The molecule has 0 aliphatic rings. The van der Waals surface area contributed by atoms with Crippen molar-refractivity contribution in [3.63, 3.8) is 0 Å². The topological polar surface area (TPSA) is 176 Å².